The molecule has 7 nitrogen and oxygen atoms in total. The molecule has 2 aromatic heterocycles. The van der Waals surface area contributed by atoms with Crippen LogP contribution in [0.25, 0.3) is 0 Å². The molecular weight excluding hydrogens is 356 g/mol. The molecule has 1 aliphatic heterocycles. The van der Waals surface area contributed by atoms with Gasteiger partial charge in [-0.3, -0.25) is 14.7 Å². The molecule has 1 aliphatic rings. The molecule has 28 heavy (non-hydrogen) atoms. The normalized spacial score (nSPS) is 15.9. The second kappa shape index (κ2) is 8.77. The maximum atomic E-state index is 12.8. The monoisotopic (exact) mass is 378 g/mol. The molecule has 0 spiro atoms. The van der Waals surface area contributed by atoms with E-state index in [4.69, 9.17) is 9.26 Å². The van der Waals surface area contributed by atoms with Crippen LogP contribution in [-0.2, 0) is 11.3 Å². The average molecular weight is 378 g/mol. The smallest absolute Gasteiger partial charge is 0.274 e. The van der Waals surface area contributed by atoms with Gasteiger partial charge in [0.15, 0.2) is 11.5 Å². The number of rotatable bonds is 6. The summed E-state index contributed by atoms with van der Waals surface area (Å²) in [6.45, 7) is 3.75. The number of carbonyl (C=O) groups excluding carboxylic acids is 1. The zero-order chi connectivity index (χ0) is 19.2. The minimum atomic E-state index is -0.295. The van der Waals surface area contributed by atoms with Crippen molar-refractivity contribution in [3.05, 3.63) is 83.5 Å². The molecule has 144 valence electrons. The van der Waals surface area contributed by atoms with E-state index in [1.54, 1.807) is 18.5 Å². The molecule has 0 aliphatic carbocycles. The van der Waals surface area contributed by atoms with E-state index in [9.17, 15) is 4.79 Å². The van der Waals surface area contributed by atoms with E-state index >= 15 is 0 Å². The second-order valence-corrected chi connectivity index (χ2v) is 6.66. The van der Waals surface area contributed by atoms with Gasteiger partial charge in [-0.05, 0) is 23.3 Å². The minimum absolute atomic E-state index is 0.275. The fourth-order valence-electron chi connectivity index (χ4n) is 3.24. The molecule has 1 aromatic carbocycles. The van der Waals surface area contributed by atoms with Crippen LogP contribution in [0.1, 0.15) is 33.4 Å². The summed E-state index contributed by atoms with van der Waals surface area (Å²) in [6.07, 6.45) is 3.43. The number of carbonyl (C=O) groups is 1. The Bertz CT molecular complexity index is 853. The number of aromatic nitrogens is 2. The van der Waals surface area contributed by atoms with Gasteiger partial charge in [0.05, 0.1) is 25.8 Å². The molecule has 0 unspecified atom stereocenters. The van der Waals surface area contributed by atoms with Crippen LogP contribution in [0.5, 0.6) is 0 Å². The first-order valence-corrected chi connectivity index (χ1v) is 9.31. The summed E-state index contributed by atoms with van der Waals surface area (Å²) in [4.78, 5) is 19.1. The van der Waals surface area contributed by atoms with Crippen LogP contribution in [0.15, 0.2) is 65.4 Å². The number of benzene rings is 1. The molecule has 1 saturated heterocycles. The Morgan fingerprint density at radius 2 is 1.79 bits per heavy atom. The summed E-state index contributed by atoms with van der Waals surface area (Å²) in [5, 5.41) is 7.02. The van der Waals surface area contributed by atoms with Gasteiger partial charge in [-0.2, -0.15) is 0 Å². The molecule has 3 heterocycles. The Labute approximate surface area is 163 Å². The topological polar surface area (TPSA) is 80.5 Å². The van der Waals surface area contributed by atoms with Crippen LogP contribution >= 0.6 is 0 Å². The molecule has 1 fully saturated rings. The van der Waals surface area contributed by atoms with Crippen molar-refractivity contribution in [2.75, 3.05) is 26.3 Å². The molecule has 3 aromatic rings. The predicted octanol–water partition coefficient (Wildman–Crippen LogP) is 2.42. The van der Waals surface area contributed by atoms with Crippen LogP contribution < -0.4 is 5.32 Å². The lowest BCUT2D eigenvalue weighted by Gasteiger charge is -2.25. The Kier molecular flexibility index (Phi) is 5.75. The zero-order valence-corrected chi connectivity index (χ0v) is 15.5. The molecular formula is C21H22N4O3. The highest BCUT2D eigenvalue weighted by atomic mass is 16.5. The number of morpholine rings is 1. The highest BCUT2D eigenvalue weighted by molar-refractivity contribution is 5.92. The van der Waals surface area contributed by atoms with Crippen LogP contribution in [0.2, 0.25) is 0 Å². The van der Waals surface area contributed by atoms with Gasteiger partial charge in [-0.15, -0.1) is 0 Å². The molecule has 1 amide bonds. The van der Waals surface area contributed by atoms with Gasteiger partial charge in [0, 0.05) is 31.5 Å². The summed E-state index contributed by atoms with van der Waals surface area (Å²) in [5.74, 6) is 0.398. The van der Waals surface area contributed by atoms with Crippen molar-refractivity contribution in [1.82, 2.24) is 20.4 Å². The summed E-state index contributed by atoms with van der Waals surface area (Å²) >= 11 is 0. The van der Waals surface area contributed by atoms with E-state index in [0.29, 0.717) is 25.5 Å². The molecule has 1 atom stereocenters. The first-order chi connectivity index (χ1) is 13.8. The third-order valence-corrected chi connectivity index (χ3v) is 4.72. The maximum absolute atomic E-state index is 12.8. The van der Waals surface area contributed by atoms with E-state index < -0.39 is 0 Å². The zero-order valence-electron chi connectivity index (χ0n) is 15.5. The SMILES string of the molecule is O=C(N[C@H](c1ccccc1)c1ccncc1)c1cc(CN2CCOCC2)on1. The summed E-state index contributed by atoms with van der Waals surface area (Å²) < 4.78 is 10.7. The third-order valence-electron chi connectivity index (χ3n) is 4.72. The summed E-state index contributed by atoms with van der Waals surface area (Å²) in [7, 11) is 0. The van der Waals surface area contributed by atoms with Crippen LogP contribution in [0.3, 0.4) is 0 Å². The van der Waals surface area contributed by atoms with Crippen molar-refractivity contribution in [3.63, 3.8) is 0 Å². The van der Waals surface area contributed by atoms with Crippen LogP contribution in [0, 0.1) is 0 Å². The highest BCUT2D eigenvalue weighted by Crippen LogP contribution is 2.22. The van der Waals surface area contributed by atoms with Gasteiger partial charge in [-0.1, -0.05) is 35.5 Å². The van der Waals surface area contributed by atoms with Gasteiger partial charge in [0.25, 0.3) is 5.91 Å². The summed E-state index contributed by atoms with van der Waals surface area (Å²) in [6, 6.07) is 15.0. The molecule has 0 saturated carbocycles. The van der Waals surface area contributed by atoms with Crippen molar-refractivity contribution >= 4 is 5.91 Å². The standard InChI is InChI=1S/C21H22N4O3/c26-21(19-14-18(28-24-19)15-25-10-12-27-13-11-25)23-20(16-4-2-1-3-5-16)17-6-8-22-9-7-17/h1-9,14,20H,10-13,15H2,(H,23,26)/t20-/m1/s1. The number of hydrogen-bond donors (Lipinski definition) is 1. The molecule has 4 rings (SSSR count). The fraction of sp³-hybridized carbons (Fsp3) is 0.286. The van der Waals surface area contributed by atoms with Gasteiger partial charge in [0.2, 0.25) is 0 Å². The number of amides is 1. The lowest BCUT2D eigenvalue weighted by molar-refractivity contribution is 0.0305. The number of nitrogens with one attached hydrogen (secondary N) is 1. The maximum Gasteiger partial charge on any atom is 0.274 e. The largest absolute Gasteiger partial charge is 0.379 e. The second-order valence-electron chi connectivity index (χ2n) is 6.66. The number of ether oxygens (including phenoxy) is 1. The Hall–Kier alpha value is -3.03. The van der Waals surface area contributed by atoms with Crippen molar-refractivity contribution in [2.45, 2.75) is 12.6 Å². The summed E-state index contributed by atoms with van der Waals surface area (Å²) in [5.41, 5.74) is 2.21. The molecule has 0 radical (unpaired) electrons. The van der Waals surface area contributed by atoms with Gasteiger partial charge in [0.1, 0.15) is 0 Å². The van der Waals surface area contributed by atoms with Crippen molar-refractivity contribution in [3.8, 4) is 0 Å². The van der Waals surface area contributed by atoms with Gasteiger partial charge < -0.3 is 14.6 Å². The van der Waals surface area contributed by atoms with Crippen LogP contribution in [-0.4, -0.2) is 47.3 Å². The Morgan fingerprint density at radius 3 is 2.54 bits per heavy atom. The first kappa shape index (κ1) is 18.3. The van der Waals surface area contributed by atoms with E-state index in [1.165, 1.54) is 0 Å². The van der Waals surface area contributed by atoms with Crippen LogP contribution in [0.4, 0.5) is 0 Å². The lowest BCUT2D eigenvalue weighted by atomic mass is 9.99. The number of nitrogens with zero attached hydrogens (tertiary/aromatic N) is 3. The predicted molar refractivity (Wildman–Crippen MR) is 103 cm³/mol. The minimum Gasteiger partial charge on any atom is -0.379 e. The number of hydrogen-bond acceptors (Lipinski definition) is 6. The Morgan fingerprint density at radius 1 is 1.07 bits per heavy atom. The molecule has 0 bridgehead atoms. The molecule has 1 N–H and O–H groups in total. The van der Waals surface area contributed by atoms with E-state index in [-0.39, 0.29) is 17.6 Å². The van der Waals surface area contributed by atoms with Crippen molar-refractivity contribution < 1.29 is 14.1 Å². The van der Waals surface area contributed by atoms with Crippen molar-refractivity contribution in [2.24, 2.45) is 0 Å². The van der Waals surface area contributed by atoms with Crippen molar-refractivity contribution in [1.29, 1.82) is 0 Å². The number of pyridine rings is 1. The van der Waals surface area contributed by atoms with E-state index in [2.05, 4.69) is 20.4 Å². The van der Waals surface area contributed by atoms with E-state index in [1.807, 2.05) is 42.5 Å². The van der Waals surface area contributed by atoms with Gasteiger partial charge in [-0.25, -0.2) is 0 Å². The Balaban J connectivity index is 1.49. The lowest BCUT2D eigenvalue weighted by Crippen LogP contribution is -2.35. The van der Waals surface area contributed by atoms with Gasteiger partial charge >= 0.3 is 0 Å². The van der Waals surface area contributed by atoms with E-state index in [0.717, 1.165) is 24.2 Å². The first-order valence-electron chi connectivity index (χ1n) is 9.31. The highest BCUT2D eigenvalue weighted by Gasteiger charge is 2.21. The third kappa shape index (κ3) is 4.44. The quantitative estimate of drug-likeness (QED) is 0.710. The average Bonchev–Trinajstić information content (AvgIpc) is 3.22. The molecule has 7 heteroatoms. The fourth-order valence-corrected chi connectivity index (χ4v) is 3.24.